The Morgan fingerprint density at radius 3 is 2.54 bits per heavy atom. The lowest BCUT2D eigenvalue weighted by Crippen LogP contribution is -2.43. The Bertz CT molecular complexity index is 984. The van der Waals surface area contributed by atoms with Crippen molar-refractivity contribution in [2.45, 2.75) is 11.4 Å². The van der Waals surface area contributed by atoms with Gasteiger partial charge in [0.05, 0.1) is 22.2 Å². The molecule has 1 aromatic heterocycles. The van der Waals surface area contributed by atoms with Crippen molar-refractivity contribution >= 4 is 29.3 Å². The molecule has 1 aliphatic heterocycles. The van der Waals surface area contributed by atoms with Gasteiger partial charge in [-0.3, -0.25) is 9.59 Å². The summed E-state index contributed by atoms with van der Waals surface area (Å²) in [6, 6.07) is 21.7. The number of thioether (sulfide) groups is 1. The fraction of sp³-hybridized carbons (Fsp3) is 0.182. The van der Waals surface area contributed by atoms with E-state index in [4.69, 9.17) is 0 Å². The number of hydrogen-bond acceptors (Lipinski definition) is 3. The Balaban J connectivity index is 1.49. The van der Waals surface area contributed by atoms with Crippen LogP contribution in [-0.4, -0.2) is 35.2 Å². The minimum atomic E-state index is -0.155. The van der Waals surface area contributed by atoms with Crippen molar-refractivity contribution < 1.29 is 9.59 Å². The zero-order valence-electron chi connectivity index (χ0n) is 15.4. The van der Waals surface area contributed by atoms with Gasteiger partial charge in [-0.25, -0.2) is 0 Å². The van der Waals surface area contributed by atoms with E-state index in [0.717, 1.165) is 22.8 Å². The molecule has 28 heavy (non-hydrogen) atoms. The van der Waals surface area contributed by atoms with E-state index in [-0.39, 0.29) is 18.4 Å². The number of carbonyl (C=O) groups excluding carboxylic acids is 2. The van der Waals surface area contributed by atoms with E-state index >= 15 is 0 Å². The smallest absolute Gasteiger partial charge is 0.240 e. The van der Waals surface area contributed by atoms with Gasteiger partial charge in [0.1, 0.15) is 6.54 Å². The first kappa shape index (κ1) is 18.4. The van der Waals surface area contributed by atoms with Gasteiger partial charge in [-0.2, -0.15) is 0 Å². The Morgan fingerprint density at radius 2 is 1.71 bits per heavy atom. The number of fused-ring (bicyclic) bond motifs is 3. The molecule has 2 aromatic carbocycles. The quantitative estimate of drug-likeness (QED) is 0.726. The van der Waals surface area contributed by atoms with Gasteiger partial charge in [0.2, 0.25) is 11.8 Å². The minimum Gasteiger partial charge on any atom is -0.354 e. The number of benzene rings is 2. The first-order chi connectivity index (χ1) is 13.7. The standard InChI is InChI=1S/C22H21N3O2S/c26-20(23-13-12-17-7-2-1-3-8-17)15-25-19-10-5-4-9-18(19)24-14-6-11-22(24)28-16-21(25)27/h1-11,14H,12-13,15-16H2,(H,23,26). The lowest BCUT2D eigenvalue weighted by molar-refractivity contribution is -0.122. The third-order valence-corrected chi connectivity index (χ3v) is 5.69. The zero-order chi connectivity index (χ0) is 19.3. The molecule has 0 radical (unpaired) electrons. The zero-order valence-corrected chi connectivity index (χ0v) is 16.2. The van der Waals surface area contributed by atoms with Crippen molar-refractivity contribution in [3.63, 3.8) is 0 Å². The van der Waals surface area contributed by atoms with Crippen molar-refractivity contribution in [3.8, 4) is 5.69 Å². The van der Waals surface area contributed by atoms with E-state index in [2.05, 4.69) is 9.88 Å². The summed E-state index contributed by atoms with van der Waals surface area (Å²) in [7, 11) is 0. The molecule has 0 atom stereocenters. The van der Waals surface area contributed by atoms with E-state index in [1.807, 2.05) is 72.9 Å². The molecular weight excluding hydrogens is 370 g/mol. The van der Waals surface area contributed by atoms with Crippen molar-refractivity contribution in [3.05, 3.63) is 78.5 Å². The molecule has 1 N–H and O–H groups in total. The lowest BCUT2D eigenvalue weighted by Gasteiger charge is -2.27. The molecule has 0 aliphatic carbocycles. The van der Waals surface area contributed by atoms with Crippen molar-refractivity contribution in [1.29, 1.82) is 0 Å². The first-order valence-electron chi connectivity index (χ1n) is 9.23. The van der Waals surface area contributed by atoms with Gasteiger partial charge in [-0.1, -0.05) is 54.2 Å². The van der Waals surface area contributed by atoms with Gasteiger partial charge in [0.25, 0.3) is 0 Å². The Morgan fingerprint density at radius 1 is 0.964 bits per heavy atom. The summed E-state index contributed by atoms with van der Waals surface area (Å²) >= 11 is 1.49. The number of nitrogens with zero attached hydrogens (tertiary/aromatic N) is 2. The van der Waals surface area contributed by atoms with E-state index in [1.165, 1.54) is 17.3 Å². The summed E-state index contributed by atoms with van der Waals surface area (Å²) in [5.74, 6) is 0.0795. The average Bonchev–Trinajstić information content (AvgIpc) is 3.18. The Hall–Kier alpha value is -2.99. The van der Waals surface area contributed by atoms with Crippen LogP contribution >= 0.6 is 11.8 Å². The highest BCUT2D eigenvalue weighted by atomic mass is 32.2. The van der Waals surface area contributed by atoms with Crippen LogP contribution in [0.15, 0.2) is 78.0 Å². The third kappa shape index (κ3) is 3.97. The number of nitrogens with one attached hydrogen (secondary N) is 1. The molecule has 4 rings (SSSR count). The van der Waals surface area contributed by atoms with Crippen molar-refractivity contribution in [1.82, 2.24) is 9.88 Å². The molecule has 3 aromatic rings. The summed E-state index contributed by atoms with van der Waals surface area (Å²) in [5, 5.41) is 3.95. The topological polar surface area (TPSA) is 54.3 Å². The second-order valence-electron chi connectivity index (χ2n) is 6.56. The van der Waals surface area contributed by atoms with E-state index in [1.54, 1.807) is 4.90 Å². The molecule has 0 fully saturated rings. The predicted octanol–water partition coefficient (Wildman–Crippen LogP) is 3.27. The Kier molecular flexibility index (Phi) is 5.48. The second kappa shape index (κ2) is 8.35. The van der Waals surface area contributed by atoms with Crippen LogP contribution in [-0.2, 0) is 16.0 Å². The van der Waals surface area contributed by atoms with Gasteiger partial charge in [-0.15, -0.1) is 0 Å². The highest BCUT2D eigenvalue weighted by Gasteiger charge is 2.25. The molecule has 0 saturated heterocycles. The van der Waals surface area contributed by atoms with Gasteiger partial charge in [-0.05, 0) is 36.2 Å². The Labute approximate surface area is 168 Å². The van der Waals surface area contributed by atoms with Gasteiger partial charge in [0.15, 0.2) is 0 Å². The number of para-hydroxylation sites is 2. The molecular formula is C22H21N3O2S. The molecule has 1 aliphatic rings. The molecule has 0 spiro atoms. The number of rotatable bonds is 5. The highest BCUT2D eigenvalue weighted by molar-refractivity contribution is 7.99. The fourth-order valence-electron chi connectivity index (χ4n) is 3.29. The summed E-state index contributed by atoms with van der Waals surface area (Å²) in [6.07, 6.45) is 2.74. The second-order valence-corrected chi connectivity index (χ2v) is 7.55. The predicted molar refractivity (Wildman–Crippen MR) is 112 cm³/mol. The summed E-state index contributed by atoms with van der Waals surface area (Å²) in [5.41, 5.74) is 2.83. The van der Waals surface area contributed by atoms with Crippen LogP contribution in [0, 0.1) is 0 Å². The highest BCUT2D eigenvalue weighted by Crippen LogP contribution is 2.32. The molecule has 2 amide bonds. The molecule has 142 valence electrons. The van der Waals surface area contributed by atoms with Crippen LogP contribution in [0.25, 0.3) is 5.69 Å². The number of anilines is 1. The van der Waals surface area contributed by atoms with E-state index in [9.17, 15) is 9.59 Å². The minimum absolute atomic E-state index is 0.0157. The molecule has 0 unspecified atom stereocenters. The molecule has 0 bridgehead atoms. The largest absolute Gasteiger partial charge is 0.354 e. The van der Waals surface area contributed by atoms with Crippen LogP contribution < -0.4 is 10.2 Å². The van der Waals surface area contributed by atoms with E-state index in [0.29, 0.717) is 12.3 Å². The monoisotopic (exact) mass is 391 g/mol. The maximum Gasteiger partial charge on any atom is 0.240 e. The van der Waals surface area contributed by atoms with E-state index < -0.39 is 0 Å². The summed E-state index contributed by atoms with van der Waals surface area (Å²) < 4.78 is 2.06. The van der Waals surface area contributed by atoms with Gasteiger partial charge in [0, 0.05) is 12.7 Å². The number of amides is 2. The van der Waals surface area contributed by atoms with Crippen molar-refractivity contribution in [2.24, 2.45) is 0 Å². The normalized spacial score (nSPS) is 13.3. The van der Waals surface area contributed by atoms with Crippen molar-refractivity contribution in [2.75, 3.05) is 23.7 Å². The molecule has 6 heteroatoms. The fourth-order valence-corrected chi connectivity index (χ4v) is 4.19. The number of carbonyl (C=O) groups is 2. The number of hydrogen-bond donors (Lipinski definition) is 1. The summed E-state index contributed by atoms with van der Waals surface area (Å²) in [4.78, 5) is 26.9. The molecule has 2 heterocycles. The van der Waals surface area contributed by atoms with Crippen LogP contribution in [0.1, 0.15) is 5.56 Å². The van der Waals surface area contributed by atoms with Gasteiger partial charge >= 0.3 is 0 Å². The molecule has 0 saturated carbocycles. The van der Waals surface area contributed by atoms with Crippen LogP contribution in [0.4, 0.5) is 5.69 Å². The third-order valence-electron chi connectivity index (χ3n) is 4.67. The molecule has 5 nitrogen and oxygen atoms in total. The van der Waals surface area contributed by atoms with Crippen LogP contribution in [0.3, 0.4) is 0 Å². The SMILES string of the molecule is O=C(CN1C(=O)CSc2cccn2-c2ccccc21)NCCc1ccccc1. The number of aromatic nitrogens is 1. The lowest BCUT2D eigenvalue weighted by atomic mass is 10.1. The maximum atomic E-state index is 12.8. The maximum absolute atomic E-state index is 12.8. The first-order valence-corrected chi connectivity index (χ1v) is 10.2. The van der Waals surface area contributed by atoms with Gasteiger partial charge < -0.3 is 14.8 Å². The summed E-state index contributed by atoms with van der Waals surface area (Å²) in [6.45, 7) is 0.560. The average molecular weight is 391 g/mol. The van der Waals surface area contributed by atoms with Crippen LogP contribution in [0.5, 0.6) is 0 Å². The van der Waals surface area contributed by atoms with Crippen LogP contribution in [0.2, 0.25) is 0 Å².